The molecule has 4 fully saturated rings. The number of halogens is 1. The fourth-order valence-corrected chi connectivity index (χ4v) is 7.65. The van der Waals surface area contributed by atoms with Gasteiger partial charge in [0, 0.05) is 18.8 Å². The molecule has 0 unspecified atom stereocenters. The quantitative estimate of drug-likeness (QED) is 0.589. The van der Waals surface area contributed by atoms with Crippen LogP contribution in [0.3, 0.4) is 0 Å². The lowest BCUT2D eigenvalue weighted by molar-refractivity contribution is -0.156. The summed E-state index contributed by atoms with van der Waals surface area (Å²) in [4.78, 5) is 25.3. The zero-order valence-corrected chi connectivity index (χ0v) is 15.3. The molecule has 4 saturated carbocycles. The number of rotatable bonds is 0. The molecule has 0 aromatic rings. The zero-order valence-electron chi connectivity index (χ0n) is 13.7. The summed E-state index contributed by atoms with van der Waals surface area (Å²) < 4.78 is 0. The molecule has 0 radical (unpaired) electrons. The molecule has 122 valence electrons. The molecule has 0 spiro atoms. The van der Waals surface area contributed by atoms with Gasteiger partial charge in [-0.25, -0.2) is 0 Å². The van der Waals surface area contributed by atoms with Gasteiger partial charge in [-0.05, 0) is 60.7 Å². The molecule has 0 aromatic heterocycles. The lowest BCUT2D eigenvalue weighted by Gasteiger charge is -2.59. The second kappa shape index (κ2) is 4.91. The second-order valence-electron chi connectivity index (χ2n) is 8.93. The summed E-state index contributed by atoms with van der Waals surface area (Å²) in [5, 5.41) is 0. The molecule has 22 heavy (non-hydrogen) atoms. The molecule has 0 aromatic carbocycles. The van der Waals surface area contributed by atoms with Gasteiger partial charge in [0.25, 0.3) is 0 Å². The number of hydrogen-bond donors (Lipinski definition) is 0. The van der Waals surface area contributed by atoms with Crippen molar-refractivity contribution in [3.05, 3.63) is 0 Å². The number of carbonyl (C=O) groups is 2. The highest BCUT2D eigenvalue weighted by atomic mass is 79.9. The number of carbonyl (C=O) groups excluding carboxylic acids is 2. The largest absolute Gasteiger partial charge is 0.300 e. The van der Waals surface area contributed by atoms with Gasteiger partial charge in [-0.3, -0.25) is 9.59 Å². The van der Waals surface area contributed by atoms with E-state index in [1.54, 1.807) is 0 Å². The van der Waals surface area contributed by atoms with Gasteiger partial charge in [0.15, 0.2) is 5.78 Å². The summed E-state index contributed by atoms with van der Waals surface area (Å²) in [6.07, 6.45) is 8.46. The van der Waals surface area contributed by atoms with Crippen molar-refractivity contribution in [3.8, 4) is 0 Å². The van der Waals surface area contributed by atoms with Crippen LogP contribution < -0.4 is 0 Å². The first-order chi connectivity index (χ1) is 10.4. The van der Waals surface area contributed by atoms with Crippen LogP contribution in [-0.2, 0) is 9.59 Å². The van der Waals surface area contributed by atoms with Crippen molar-refractivity contribution in [2.24, 2.45) is 34.5 Å². The van der Waals surface area contributed by atoms with Crippen molar-refractivity contribution in [1.29, 1.82) is 0 Å². The molecule has 4 rings (SSSR count). The van der Waals surface area contributed by atoms with Crippen LogP contribution in [0.1, 0.15) is 65.2 Å². The Morgan fingerprint density at radius 3 is 2.59 bits per heavy atom. The Balaban J connectivity index is 1.74. The summed E-state index contributed by atoms with van der Waals surface area (Å²) >= 11 is 3.81. The molecule has 0 bridgehead atoms. The molecule has 4 aliphatic rings. The van der Waals surface area contributed by atoms with Crippen LogP contribution in [0.5, 0.6) is 0 Å². The predicted octanol–water partition coefficient (Wildman–Crippen LogP) is 4.54. The first-order valence-corrected chi connectivity index (χ1v) is 9.99. The number of alkyl halides is 1. The summed E-state index contributed by atoms with van der Waals surface area (Å²) in [5.41, 5.74) is 0.246. The third-order valence-corrected chi connectivity index (χ3v) is 9.56. The van der Waals surface area contributed by atoms with Crippen LogP contribution in [0, 0.1) is 34.5 Å². The van der Waals surface area contributed by atoms with E-state index in [2.05, 4.69) is 29.8 Å². The Morgan fingerprint density at radius 1 is 1.05 bits per heavy atom. The van der Waals surface area contributed by atoms with Crippen LogP contribution in [0.25, 0.3) is 0 Å². The highest BCUT2D eigenvalue weighted by molar-refractivity contribution is 9.10. The van der Waals surface area contributed by atoms with E-state index < -0.39 is 0 Å². The van der Waals surface area contributed by atoms with E-state index in [0.717, 1.165) is 19.3 Å². The predicted molar refractivity (Wildman–Crippen MR) is 89.8 cm³/mol. The third-order valence-electron chi connectivity index (χ3n) is 8.07. The lowest BCUT2D eigenvalue weighted by atomic mass is 9.45. The monoisotopic (exact) mass is 366 g/mol. The van der Waals surface area contributed by atoms with Crippen molar-refractivity contribution in [3.63, 3.8) is 0 Å². The highest BCUT2D eigenvalue weighted by Crippen LogP contribution is 2.65. The first-order valence-electron chi connectivity index (χ1n) is 9.07. The van der Waals surface area contributed by atoms with Gasteiger partial charge in [-0.1, -0.05) is 36.2 Å². The molecule has 0 saturated heterocycles. The summed E-state index contributed by atoms with van der Waals surface area (Å²) in [5.74, 6) is 2.81. The Kier molecular flexibility index (Phi) is 3.43. The summed E-state index contributed by atoms with van der Waals surface area (Å²) in [7, 11) is 0. The van der Waals surface area contributed by atoms with Gasteiger partial charge in [-0.15, -0.1) is 0 Å². The minimum absolute atomic E-state index is 0.0296. The lowest BCUT2D eigenvalue weighted by Crippen LogP contribution is -2.60. The Labute approximate surface area is 141 Å². The Morgan fingerprint density at radius 2 is 1.82 bits per heavy atom. The van der Waals surface area contributed by atoms with Crippen LogP contribution in [0.4, 0.5) is 0 Å². The van der Waals surface area contributed by atoms with Crippen LogP contribution in [0.15, 0.2) is 0 Å². The molecule has 0 heterocycles. The van der Waals surface area contributed by atoms with Crippen molar-refractivity contribution < 1.29 is 9.59 Å². The number of hydrogen-bond acceptors (Lipinski definition) is 2. The molecule has 0 N–H and O–H groups in total. The van der Waals surface area contributed by atoms with Crippen molar-refractivity contribution in [2.75, 3.05) is 0 Å². The average Bonchev–Trinajstić information content (AvgIpc) is 2.88. The van der Waals surface area contributed by atoms with Gasteiger partial charge in [-0.2, -0.15) is 0 Å². The average molecular weight is 367 g/mol. The van der Waals surface area contributed by atoms with Crippen LogP contribution in [0.2, 0.25) is 0 Å². The number of ketones is 2. The maximum absolute atomic E-state index is 13.3. The Bertz CT molecular complexity index is 530. The third kappa shape index (κ3) is 1.84. The van der Waals surface area contributed by atoms with Crippen LogP contribution >= 0.6 is 15.9 Å². The topological polar surface area (TPSA) is 34.1 Å². The highest BCUT2D eigenvalue weighted by Gasteiger charge is 2.64. The Hall–Kier alpha value is -0.180. The molecule has 0 amide bonds. The summed E-state index contributed by atoms with van der Waals surface area (Å²) in [6, 6.07) is 0. The second-order valence-corrected chi connectivity index (χ2v) is 9.85. The van der Waals surface area contributed by atoms with E-state index in [4.69, 9.17) is 0 Å². The molecule has 3 heteroatoms. The zero-order chi connectivity index (χ0) is 15.7. The van der Waals surface area contributed by atoms with Gasteiger partial charge >= 0.3 is 0 Å². The SMILES string of the molecule is C[C@@]12CCC[C@H]1[C@@H]1CC[C@H]3CC(=O)CC[C@]3(C)[C@H]1C(=O)[C@@H]2Br. The smallest absolute Gasteiger partial charge is 0.150 e. The van der Waals surface area contributed by atoms with Gasteiger partial charge in [0.2, 0.25) is 0 Å². The van der Waals surface area contributed by atoms with Crippen molar-refractivity contribution in [2.45, 2.75) is 70.0 Å². The van der Waals surface area contributed by atoms with Crippen molar-refractivity contribution >= 4 is 27.5 Å². The summed E-state index contributed by atoms with van der Waals surface area (Å²) in [6.45, 7) is 4.67. The molecular weight excluding hydrogens is 340 g/mol. The fourth-order valence-electron chi connectivity index (χ4n) is 6.80. The van der Waals surface area contributed by atoms with Crippen molar-refractivity contribution in [1.82, 2.24) is 0 Å². The minimum Gasteiger partial charge on any atom is -0.300 e. The van der Waals surface area contributed by atoms with E-state index in [1.807, 2.05) is 0 Å². The molecule has 0 aliphatic heterocycles. The van der Waals surface area contributed by atoms with E-state index in [1.165, 1.54) is 25.7 Å². The minimum atomic E-state index is 0.0296. The van der Waals surface area contributed by atoms with Gasteiger partial charge < -0.3 is 0 Å². The normalized spacial score (nSPS) is 54.6. The molecule has 2 nitrogen and oxygen atoms in total. The molecule has 4 aliphatic carbocycles. The number of fused-ring (bicyclic) bond motifs is 5. The number of Topliss-reactive ketones (excluding diaryl/α,β-unsaturated/α-hetero) is 2. The van der Waals surface area contributed by atoms with E-state index in [0.29, 0.717) is 35.7 Å². The maximum Gasteiger partial charge on any atom is 0.150 e. The van der Waals surface area contributed by atoms with Gasteiger partial charge in [0.1, 0.15) is 5.78 Å². The fraction of sp³-hybridized carbons (Fsp3) is 0.895. The molecular formula is C19H27BrO2. The first kappa shape index (κ1) is 15.4. The van der Waals surface area contributed by atoms with E-state index >= 15 is 0 Å². The van der Waals surface area contributed by atoms with E-state index in [-0.39, 0.29) is 21.6 Å². The van der Waals surface area contributed by atoms with Crippen LogP contribution in [-0.4, -0.2) is 16.4 Å². The van der Waals surface area contributed by atoms with E-state index in [9.17, 15) is 9.59 Å². The molecule has 7 atom stereocenters. The van der Waals surface area contributed by atoms with Gasteiger partial charge in [0.05, 0.1) is 4.83 Å². The maximum atomic E-state index is 13.3. The standard InChI is InChI=1S/C19H27BrO2/c1-18-9-7-12(21)10-11(18)5-6-13-14-4-3-8-19(14,2)17(20)16(22)15(13)18/h11,13-15,17H,3-10H2,1-2H3/t11-,13-,14-,15+,17-,18-,19+/m0/s1.